The summed E-state index contributed by atoms with van der Waals surface area (Å²) in [5.74, 6) is -0.685. The molecule has 2 atom stereocenters. The number of nitrogens with one attached hydrogen (secondary N) is 2. The molecule has 10 rings (SSSR count). The summed E-state index contributed by atoms with van der Waals surface area (Å²) < 4.78 is 50.8. The van der Waals surface area contributed by atoms with E-state index in [0.29, 0.717) is 88.7 Å². The molecule has 4 saturated heterocycles. The maximum Gasteiger partial charge on any atom is 0.317 e. The van der Waals surface area contributed by atoms with Gasteiger partial charge in [0.05, 0.1) is 34.7 Å². The van der Waals surface area contributed by atoms with Crippen molar-refractivity contribution >= 4 is 34.5 Å². The molecular weight excluding hydrogens is 993 g/mol. The Balaban J connectivity index is 0.826. The van der Waals surface area contributed by atoms with Crippen molar-refractivity contribution in [2.45, 2.75) is 116 Å². The maximum absolute atomic E-state index is 16.5. The number of benzene rings is 1. The molecule has 4 aliphatic heterocycles. The van der Waals surface area contributed by atoms with Crippen LogP contribution in [-0.4, -0.2) is 168 Å². The van der Waals surface area contributed by atoms with E-state index in [1.807, 2.05) is 73.4 Å². The fraction of sp³-hybridized carbons (Fsp3) is 0.542. The molecule has 0 radical (unpaired) electrons. The van der Waals surface area contributed by atoms with Gasteiger partial charge in [0.25, 0.3) is 0 Å². The van der Waals surface area contributed by atoms with Crippen molar-refractivity contribution in [2.24, 2.45) is 0 Å². The quantitative estimate of drug-likeness (QED) is 0.105. The van der Waals surface area contributed by atoms with Gasteiger partial charge in [-0.1, -0.05) is 12.1 Å². The van der Waals surface area contributed by atoms with Gasteiger partial charge in [-0.25, -0.2) is 22.9 Å². The van der Waals surface area contributed by atoms with Crippen molar-refractivity contribution in [3.05, 3.63) is 102 Å². The molecule has 5 aromatic heterocycles. The third-order valence-corrected chi connectivity index (χ3v) is 17.1. The molecule has 0 bridgehead atoms. The highest BCUT2D eigenvalue weighted by atomic mass is 19.1. The Hall–Kier alpha value is -6.41. The Bertz CT molecular complexity index is 3100. The van der Waals surface area contributed by atoms with Gasteiger partial charge in [-0.15, -0.1) is 9.20 Å². The van der Waals surface area contributed by atoms with E-state index in [2.05, 4.69) is 89.3 Å². The molecule has 4 amide bonds. The molecule has 0 aliphatic carbocycles. The fourth-order valence-corrected chi connectivity index (χ4v) is 12.4. The van der Waals surface area contributed by atoms with Gasteiger partial charge >= 0.3 is 12.1 Å². The van der Waals surface area contributed by atoms with Crippen molar-refractivity contribution in [2.75, 3.05) is 103 Å². The van der Waals surface area contributed by atoms with Crippen molar-refractivity contribution in [3.8, 4) is 22.4 Å². The molecule has 2 N–H and O–H groups in total. The van der Waals surface area contributed by atoms with Crippen LogP contribution in [0.3, 0.4) is 0 Å². The first-order valence-electron chi connectivity index (χ1n) is 28.2. The number of piperazine rings is 2. The van der Waals surface area contributed by atoms with Crippen LogP contribution in [0, 0.1) is 11.6 Å². The van der Waals surface area contributed by atoms with Crippen LogP contribution >= 0.6 is 0 Å². The topological polar surface area (TPSA) is 135 Å². The van der Waals surface area contributed by atoms with Gasteiger partial charge in [0.2, 0.25) is 0 Å². The van der Waals surface area contributed by atoms with Crippen molar-refractivity contribution in [1.82, 2.24) is 49.3 Å². The summed E-state index contributed by atoms with van der Waals surface area (Å²) in [5, 5.41) is 10.9. The van der Waals surface area contributed by atoms with Gasteiger partial charge in [-0.05, 0) is 117 Å². The molecule has 9 heterocycles. The number of likely N-dealkylation sites (tertiary alicyclic amines) is 2. The van der Waals surface area contributed by atoms with E-state index in [1.54, 1.807) is 43.3 Å². The summed E-state index contributed by atoms with van der Waals surface area (Å²) >= 11 is 0. The van der Waals surface area contributed by atoms with Crippen LogP contribution in [-0.2, 0) is 27.2 Å². The first-order chi connectivity index (χ1) is 37.5. The summed E-state index contributed by atoms with van der Waals surface area (Å²) in [5.41, 5.74) is 6.27. The van der Waals surface area contributed by atoms with Crippen LogP contribution in [0.1, 0.15) is 85.3 Å². The number of piperidine rings is 2. The number of methoxy groups -OCH3 is 2. The average Bonchev–Trinajstić information content (AvgIpc) is 4.19. The van der Waals surface area contributed by atoms with Gasteiger partial charge in [0.1, 0.15) is 28.4 Å². The molecule has 0 spiro atoms. The lowest BCUT2D eigenvalue weighted by Gasteiger charge is -2.44. The fourth-order valence-electron chi connectivity index (χ4n) is 12.4. The minimum atomic E-state index is -0.731. The van der Waals surface area contributed by atoms with E-state index in [9.17, 15) is 9.59 Å². The highest BCUT2D eigenvalue weighted by Gasteiger charge is 2.41. The molecule has 1 aromatic carbocycles. The first kappa shape index (κ1) is 54.9. The van der Waals surface area contributed by atoms with Crippen LogP contribution in [0.5, 0.6) is 0 Å². The Kier molecular flexibility index (Phi) is 16.0. The number of carbonyl (C=O) groups excluding carboxylic acids is 2. The van der Waals surface area contributed by atoms with Crippen LogP contribution in [0.4, 0.5) is 29.7 Å². The van der Waals surface area contributed by atoms with E-state index in [1.165, 1.54) is 0 Å². The van der Waals surface area contributed by atoms with Gasteiger partial charge in [-0.3, -0.25) is 9.88 Å². The normalized spacial score (nSPS) is 20.2. The Labute approximate surface area is 458 Å². The molecule has 78 heavy (non-hydrogen) atoms. The number of hydrogen-bond acceptors (Lipinski definition) is 10. The number of anilines is 2. The molecule has 19 heteroatoms. The Morgan fingerprint density at radius 3 is 1.92 bits per heavy atom. The third kappa shape index (κ3) is 11.0. The first-order valence-corrected chi connectivity index (χ1v) is 28.2. The number of aromatic nitrogens is 5. The minimum Gasteiger partial charge on any atom is -0.373 e. The number of carbonyl (C=O) groups is 2. The molecule has 1 unspecified atom stereocenters. The number of halogens is 2. The molecule has 418 valence electrons. The van der Waals surface area contributed by atoms with E-state index in [4.69, 9.17) is 9.47 Å². The SMILES string of the molecule is COC1(c2cnc(-c3cc4c(N5CCN(C(=O)NC(C)C[n+]6ccc(N7CCN(C(=O)NC(C)C)CC7)c7cc(-c8ccc([C@]9(OC)CCCN(C(C)C)C9)c(F)c8)cn76)CC5)ccnn4c3)c(F)c2)CCN(C(C)C)CC1. The van der Waals surface area contributed by atoms with Gasteiger partial charge in [-0.2, -0.15) is 5.10 Å². The number of amides is 4. The van der Waals surface area contributed by atoms with Gasteiger partial charge in [0.15, 0.2) is 12.7 Å². The van der Waals surface area contributed by atoms with Crippen LogP contribution < -0.4 is 25.1 Å². The lowest BCUT2D eigenvalue weighted by Crippen LogP contribution is -2.56. The van der Waals surface area contributed by atoms with Gasteiger partial charge in [0, 0.05) is 151 Å². The standard InChI is InChI=1S/C59H79F2N13O4/c1-40(2)64-56(75)69-27-25-68(26-28-69)52-14-20-72(74-38-45(32-54(52)74)44-11-12-48(49(60)31-44)59(78-9)15-10-19-71(39-59)42(5)6)36-43(7)65-57(76)70-29-23-67(24-30-70)51-13-18-63-73-37-46(33-53(51)73)55-50(61)34-47(35-62-55)58(77-8)16-21-66(22-17-58)41(3)4/h11-14,18,20,31-35,37-38,40-43H,10,15-17,19,21-30,36,39H2,1-9H3,(H-,64,65,75,76)/p+1/t43?,59-/m0/s1. The molecule has 0 saturated carbocycles. The highest BCUT2D eigenvalue weighted by Crippen LogP contribution is 2.41. The van der Waals surface area contributed by atoms with Crippen molar-refractivity contribution in [1.29, 1.82) is 0 Å². The predicted molar refractivity (Wildman–Crippen MR) is 300 cm³/mol. The monoisotopic (exact) mass is 1070 g/mol. The molecular formula is C59H80F2N13O4+. The van der Waals surface area contributed by atoms with Gasteiger partial charge < -0.3 is 44.6 Å². The lowest BCUT2D eigenvalue weighted by atomic mass is 9.84. The van der Waals surface area contributed by atoms with Crippen LogP contribution in [0.2, 0.25) is 0 Å². The molecule has 6 aromatic rings. The average molecular weight is 1070 g/mol. The van der Waals surface area contributed by atoms with E-state index < -0.39 is 17.0 Å². The number of pyridine rings is 1. The summed E-state index contributed by atoms with van der Waals surface area (Å²) in [6, 6.07) is 15.6. The second-order valence-electron chi connectivity index (χ2n) is 22.9. The van der Waals surface area contributed by atoms with Crippen molar-refractivity contribution < 1.29 is 32.5 Å². The largest absolute Gasteiger partial charge is 0.373 e. The number of nitrogens with zero attached hydrogens (tertiary/aromatic N) is 11. The highest BCUT2D eigenvalue weighted by molar-refractivity contribution is 5.82. The summed E-state index contributed by atoms with van der Waals surface area (Å²) in [6.45, 7) is 23.1. The second kappa shape index (κ2) is 22.7. The van der Waals surface area contributed by atoms with E-state index in [-0.39, 0.29) is 35.7 Å². The Morgan fingerprint density at radius 1 is 0.667 bits per heavy atom. The number of ether oxygens (including phenoxy) is 2. The number of fused-ring (bicyclic) bond motifs is 2. The summed E-state index contributed by atoms with van der Waals surface area (Å²) in [4.78, 5) is 44.6. The number of urea groups is 2. The van der Waals surface area contributed by atoms with Crippen LogP contribution in [0.25, 0.3) is 33.4 Å². The van der Waals surface area contributed by atoms with Crippen LogP contribution in [0.15, 0.2) is 79.5 Å². The lowest BCUT2D eigenvalue weighted by molar-refractivity contribution is -0.764. The summed E-state index contributed by atoms with van der Waals surface area (Å²) in [7, 11) is 3.40. The second-order valence-corrected chi connectivity index (χ2v) is 22.9. The zero-order valence-corrected chi connectivity index (χ0v) is 47.1. The minimum absolute atomic E-state index is 0.0498. The smallest absolute Gasteiger partial charge is 0.317 e. The zero-order valence-electron chi connectivity index (χ0n) is 47.1. The number of rotatable bonds is 14. The van der Waals surface area contributed by atoms with E-state index >= 15 is 8.78 Å². The van der Waals surface area contributed by atoms with Crippen molar-refractivity contribution in [3.63, 3.8) is 0 Å². The maximum atomic E-state index is 16.5. The third-order valence-electron chi connectivity index (χ3n) is 17.1. The Morgan fingerprint density at radius 2 is 1.31 bits per heavy atom. The number of hydrogen-bond donors (Lipinski definition) is 2. The van der Waals surface area contributed by atoms with E-state index in [0.717, 1.165) is 84.4 Å². The molecule has 4 aliphatic rings. The zero-order chi connectivity index (χ0) is 55.0. The predicted octanol–water partition coefficient (Wildman–Crippen LogP) is 7.73. The molecule has 4 fully saturated rings. The summed E-state index contributed by atoms with van der Waals surface area (Å²) in [6.07, 6.45) is 12.6. The molecule has 17 nitrogen and oxygen atoms in total.